The van der Waals surface area contributed by atoms with Crippen LogP contribution in [-0.2, 0) is 28.4 Å². The maximum absolute atomic E-state index is 6.21. The van der Waals surface area contributed by atoms with Gasteiger partial charge in [0.2, 0.25) is 0 Å². The van der Waals surface area contributed by atoms with Crippen molar-refractivity contribution in [2.45, 2.75) is 122 Å². The van der Waals surface area contributed by atoms with Crippen molar-refractivity contribution in [2.75, 3.05) is 47.1 Å². The molecule has 33 heavy (non-hydrogen) atoms. The third kappa shape index (κ3) is 10.9. The molecule has 0 aromatic carbocycles. The van der Waals surface area contributed by atoms with Gasteiger partial charge in [0.05, 0.1) is 12.7 Å². The molecule has 7 nitrogen and oxygen atoms in total. The van der Waals surface area contributed by atoms with Gasteiger partial charge in [-0.15, -0.1) is 0 Å². The van der Waals surface area contributed by atoms with E-state index >= 15 is 0 Å². The highest BCUT2D eigenvalue weighted by Crippen LogP contribution is 2.40. The normalized spacial score (nSPS) is 27.4. The van der Waals surface area contributed by atoms with Crippen molar-refractivity contribution in [3.8, 4) is 0 Å². The molecule has 0 aliphatic carbocycles. The van der Waals surface area contributed by atoms with Crippen LogP contribution in [0.4, 0.5) is 0 Å². The fraction of sp³-hybridized carbons (Fsp3) is 1.00. The fourth-order valence-corrected chi connectivity index (χ4v) is 4.47. The molecule has 0 amide bonds. The second-order valence-corrected chi connectivity index (χ2v) is 10.2. The number of fused-ring (bicyclic) bond motifs is 1. The molecule has 2 saturated heterocycles. The standard InChI is InChI=1S/C26H51NO6/c1-7-8-9-10-11-12-13-17-28-18-15-20-30-25-24-23(32-26(3,4)33-24)22(31-25)21(2)29-19-14-16-27(5)6/h21-25H,7-20H2,1-6H3/t21-,22-,23+,24+,25+/m1/s1. The van der Waals surface area contributed by atoms with E-state index in [0.717, 1.165) is 32.4 Å². The first-order chi connectivity index (χ1) is 15.8. The van der Waals surface area contributed by atoms with Crippen molar-refractivity contribution >= 4 is 0 Å². The van der Waals surface area contributed by atoms with Crippen LogP contribution in [0.5, 0.6) is 0 Å². The molecule has 2 heterocycles. The number of hydrogen-bond acceptors (Lipinski definition) is 7. The molecule has 5 atom stereocenters. The van der Waals surface area contributed by atoms with E-state index in [1.54, 1.807) is 0 Å². The van der Waals surface area contributed by atoms with Crippen LogP contribution in [0.2, 0.25) is 0 Å². The van der Waals surface area contributed by atoms with Crippen molar-refractivity contribution in [1.29, 1.82) is 0 Å². The predicted molar refractivity (Wildman–Crippen MR) is 130 cm³/mol. The minimum atomic E-state index is -0.636. The number of hydrogen-bond donors (Lipinski definition) is 0. The molecule has 2 rings (SSSR count). The molecule has 0 bridgehead atoms. The van der Waals surface area contributed by atoms with Gasteiger partial charge in [0, 0.05) is 19.8 Å². The molecule has 2 fully saturated rings. The Hall–Kier alpha value is -0.280. The van der Waals surface area contributed by atoms with Crippen LogP contribution in [0.3, 0.4) is 0 Å². The van der Waals surface area contributed by atoms with Crippen molar-refractivity contribution < 1.29 is 28.4 Å². The molecule has 2 aliphatic rings. The summed E-state index contributed by atoms with van der Waals surface area (Å²) in [5, 5.41) is 0. The fourth-order valence-electron chi connectivity index (χ4n) is 4.47. The van der Waals surface area contributed by atoms with E-state index in [9.17, 15) is 0 Å². The summed E-state index contributed by atoms with van der Waals surface area (Å²) in [6, 6.07) is 0. The molecular formula is C26H51NO6. The quantitative estimate of drug-likeness (QED) is 0.251. The minimum absolute atomic E-state index is 0.0870. The Morgan fingerprint density at radius 1 is 0.818 bits per heavy atom. The molecule has 7 heteroatoms. The molecule has 0 radical (unpaired) electrons. The molecule has 0 unspecified atom stereocenters. The second-order valence-electron chi connectivity index (χ2n) is 10.2. The zero-order valence-electron chi connectivity index (χ0n) is 22.2. The Kier molecular flexibility index (Phi) is 13.7. The average Bonchev–Trinajstić information content (AvgIpc) is 3.25. The summed E-state index contributed by atoms with van der Waals surface area (Å²) in [6.45, 7) is 12.0. The lowest BCUT2D eigenvalue weighted by Gasteiger charge is -2.27. The Balaban J connectivity index is 1.62. The predicted octanol–water partition coefficient (Wildman–Crippen LogP) is 4.76. The van der Waals surface area contributed by atoms with Gasteiger partial charge in [-0.25, -0.2) is 0 Å². The summed E-state index contributed by atoms with van der Waals surface area (Å²) in [4.78, 5) is 2.16. The van der Waals surface area contributed by atoms with Gasteiger partial charge in [-0.2, -0.15) is 0 Å². The Bertz CT molecular complexity index is 503. The van der Waals surface area contributed by atoms with Crippen molar-refractivity contribution in [3.63, 3.8) is 0 Å². The highest BCUT2D eigenvalue weighted by Gasteiger charge is 2.57. The minimum Gasteiger partial charge on any atom is -0.381 e. The van der Waals surface area contributed by atoms with Crippen molar-refractivity contribution in [1.82, 2.24) is 4.90 Å². The highest BCUT2D eigenvalue weighted by molar-refractivity contribution is 4.97. The van der Waals surface area contributed by atoms with Crippen LogP contribution in [0.25, 0.3) is 0 Å². The zero-order chi connectivity index (χ0) is 24.1. The lowest BCUT2D eigenvalue weighted by molar-refractivity contribution is -0.245. The topological polar surface area (TPSA) is 58.6 Å². The monoisotopic (exact) mass is 473 g/mol. The Morgan fingerprint density at radius 3 is 2.21 bits per heavy atom. The maximum atomic E-state index is 6.21. The van der Waals surface area contributed by atoms with E-state index in [-0.39, 0.29) is 24.4 Å². The highest BCUT2D eigenvalue weighted by atomic mass is 16.8. The van der Waals surface area contributed by atoms with Gasteiger partial charge >= 0.3 is 0 Å². The summed E-state index contributed by atoms with van der Waals surface area (Å²) in [6.07, 6.45) is 9.84. The molecule has 0 saturated carbocycles. The lowest BCUT2D eigenvalue weighted by atomic mass is 10.1. The molecule has 0 spiro atoms. The number of ether oxygens (including phenoxy) is 6. The van der Waals surface area contributed by atoms with E-state index < -0.39 is 12.1 Å². The number of rotatable bonds is 19. The molecule has 2 aliphatic heterocycles. The van der Waals surface area contributed by atoms with Crippen LogP contribution in [0.1, 0.15) is 85.5 Å². The van der Waals surface area contributed by atoms with E-state index in [1.807, 2.05) is 20.8 Å². The first-order valence-corrected chi connectivity index (χ1v) is 13.3. The maximum Gasteiger partial charge on any atom is 0.187 e. The van der Waals surface area contributed by atoms with Crippen LogP contribution >= 0.6 is 0 Å². The molecular weight excluding hydrogens is 422 g/mol. The molecule has 0 N–H and O–H groups in total. The summed E-state index contributed by atoms with van der Waals surface area (Å²) in [7, 11) is 4.14. The Labute approximate surface area is 202 Å². The lowest BCUT2D eigenvalue weighted by Crippen LogP contribution is -2.38. The Morgan fingerprint density at radius 2 is 1.48 bits per heavy atom. The average molecular weight is 474 g/mol. The SMILES string of the molecule is CCCCCCCCCOCCCO[C@H]1O[C@H]([C@@H](C)OCCCN(C)C)[C@@H]2OC(C)(C)O[C@H]12. The van der Waals surface area contributed by atoms with E-state index in [1.165, 1.54) is 38.5 Å². The number of nitrogens with zero attached hydrogens (tertiary/aromatic N) is 1. The van der Waals surface area contributed by atoms with Crippen molar-refractivity contribution in [2.24, 2.45) is 0 Å². The van der Waals surface area contributed by atoms with Crippen LogP contribution < -0.4 is 0 Å². The number of unbranched alkanes of at least 4 members (excludes halogenated alkanes) is 6. The van der Waals surface area contributed by atoms with Crippen LogP contribution in [-0.4, -0.2) is 88.5 Å². The summed E-state index contributed by atoms with van der Waals surface area (Å²) >= 11 is 0. The van der Waals surface area contributed by atoms with Gasteiger partial charge in [-0.1, -0.05) is 45.4 Å². The third-order valence-corrected chi connectivity index (χ3v) is 6.25. The first-order valence-electron chi connectivity index (χ1n) is 13.3. The largest absolute Gasteiger partial charge is 0.381 e. The van der Waals surface area contributed by atoms with E-state index in [0.29, 0.717) is 19.8 Å². The van der Waals surface area contributed by atoms with Gasteiger partial charge in [-0.3, -0.25) is 0 Å². The van der Waals surface area contributed by atoms with E-state index in [2.05, 4.69) is 25.9 Å². The smallest absolute Gasteiger partial charge is 0.187 e. The van der Waals surface area contributed by atoms with Gasteiger partial charge in [-0.05, 0) is 60.7 Å². The third-order valence-electron chi connectivity index (χ3n) is 6.25. The van der Waals surface area contributed by atoms with Gasteiger partial charge in [0.15, 0.2) is 12.1 Å². The summed E-state index contributed by atoms with van der Waals surface area (Å²) < 4.78 is 36.4. The molecule has 196 valence electrons. The van der Waals surface area contributed by atoms with E-state index in [4.69, 9.17) is 28.4 Å². The van der Waals surface area contributed by atoms with Gasteiger partial charge in [0.25, 0.3) is 0 Å². The summed E-state index contributed by atoms with van der Waals surface area (Å²) in [5.41, 5.74) is 0. The van der Waals surface area contributed by atoms with Crippen LogP contribution in [0, 0.1) is 0 Å². The van der Waals surface area contributed by atoms with Gasteiger partial charge < -0.3 is 33.3 Å². The molecule has 0 aromatic heterocycles. The second kappa shape index (κ2) is 15.7. The molecule has 0 aromatic rings. The first kappa shape index (κ1) is 29.0. The van der Waals surface area contributed by atoms with Gasteiger partial charge in [0.1, 0.15) is 18.3 Å². The van der Waals surface area contributed by atoms with Crippen LogP contribution in [0.15, 0.2) is 0 Å². The summed E-state index contributed by atoms with van der Waals surface area (Å²) in [5.74, 6) is -0.636. The zero-order valence-corrected chi connectivity index (χ0v) is 22.2. The van der Waals surface area contributed by atoms with Crippen molar-refractivity contribution in [3.05, 3.63) is 0 Å².